The van der Waals surface area contributed by atoms with Gasteiger partial charge in [0.1, 0.15) is 0 Å². The van der Waals surface area contributed by atoms with Gasteiger partial charge in [0.05, 0.1) is 0 Å². The first-order valence-electron chi connectivity index (χ1n) is 7.53. The second-order valence-corrected chi connectivity index (χ2v) is 19.9. The van der Waals surface area contributed by atoms with Gasteiger partial charge in [-0.05, 0) is 0 Å². The first-order valence-corrected chi connectivity index (χ1v) is 15.7. The zero-order chi connectivity index (χ0) is 14.9. The van der Waals surface area contributed by atoms with Crippen molar-refractivity contribution < 1.29 is 38.1 Å². The molecule has 0 unspecified atom stereocenters. The van der Waals surface area contributed by atoms with Gasteiger partial charge in [0, 0.05) is 0 Å². The molecule has 1 nitrogen and oxygen atoms in total. The summed E-state index contributed by atoms with van der Waals surface area (Å²) in [6, 6.07) is 0. The summed E-state index contributed by atoms with van der Waals surface area (Å²) in [6.45, 7) is 13.9. The standard InChI is InChI=1S/C15H19O.C2H7Si.ClH.Zr/c1-9-5-11(3)13(7-9)15(16)14-8-10(2)6-12(14)4;1-3-2;;/h5-6,15H,7-8H2,1-4H3;3H,1-2H3;1H;/q-1;;;+2/p-1. The second-order valence-electron chi connectivity index (χ2n) is 6.52. The predicted octanol–water partition coefficient (Wildman–Crippen LogP) is 1.69. The van der Waals surface area contributed by atoms with E-state index >= 15 is 0 Å². The third-order valence-corrected chi connectivity index (χ3v) is 9.60. The third kappa shape index (κ3) is 4.89. The molecule has 2 rings (SSSR count). The maximum absolute atomic E-state index is 6.56. The average Bonchev–Trinajstić information content (AvgIpc) is 2.82. The molecule has 2 aliphatic carbocycles. The summed E-state index contributed by atoms with van der Waals surface area (Å²) in [7, 11) is 0. The van der Waals surface area contributed by atoms with Crippen LogP contribution in [0, 0.1) is 0 Å². The second kappa shape index (κ2) is 8.24. The van der Waals surface area contributed by atoms with Crippen LogP contribution in [-0.2, 0) is 25.6 Å². The molecule has 0 aromatic rings. The van der Waals surface area contributed by atoms with Crippen molar-refractivity contribution in [2.75, 3.05) is 0 Å². The monoisotopic (exact) mass is 399 g/mol. The SMILES string of the molecule is CC1=CC(C)=C(C([O][Zr+][SiH](C)C)C2=C(C)C=C(C)C2)C1.[Cl-]. The van der Waals surface area contributed by atoms with E-state index in [0.29, 0.717) is 6.10 Å². The maximum Gasteiger partial charge on any atom is -1.00 e. The van der Waals surface area contributed by atoms with Crippen molar-refractivity contribution in [3.63, 3.8) is 0 Å². The Morgan fingerprint density at radius 3 is 1.67 bits per heavy atom. The molecule has 0 aromatic carbocycles. The van der Waals surface area contributed by atoms with Crippen LogP contribution in [0.2, 0.25) is 13.1 Å². The summed E-state index contributed by atoms with van der Waals surface area (Å²) in [5.41, 5.74) is 8.94. The minimum Gasteiger partial charge on any atom is -1.00 e. The molecule has 0 heterocycles. The van der Waals surface area contributed by atoms with Crippen LogP contribution in [0.5, 0.6) is 0 Å². The van der Waals surface area contributed by atoms with Crippen molar-refractivity contribution in [1.29, 1.82) is 0 Å². The minimum atomic E-state index is -0.613. The molecule has 4 heteroatoms. The van der Waals surface area contributed by atoms with Gasteiger partial charge in [-0.3, -0.25) is 0 Å². The molecular formula is C17H26ClOSiZr. The Balaban J connectivity index is 0.00000220. The van der Waals surface area contributed by atoms with Gasteiger partial charge in [0.15, 0.2) is 0 Å². The summed E-state index contributed by atoms with van der Waals surface area (Å²) in [4.78, 5) is 0. The molecule has 0 amide bonds. The number of hydrogen-bond donors (Lipinski definition) is 0. The van der Waals surface area contributed by atoms with Gasteiger partial charge in [-0.2, -0.15) is 0 Å². The quantitative estimate of drug-likeness (QED) is 0.638. The van der Waals surface area contributed by atoms with Crippen LogP contribution in [0.4, 0.5) is 0 Å². The molecule has 2 aliphatic rings. The van der Waals surface area contributed by atoms with Crippen molar-refractivity contribution in [3.05, 3.63) is 45.6 Å². The van der Waals surface area contributed by atoms with Gasteiger partial charge < -0.3 is 12.4 Å². The summed E-state index contributed by atoms with van der Waals surface area (Å²) in [5.74, 6) is -0.516. The van der Waals surface area contributed by atoms with Gasteiger partial charge >= 0.3 is 137 Å². The minimum absolute atomic E-state index is 0. The molecule has 0 aliphatic heterocycles. The van der Waals surface area contributed by atoms with Crippen molar-refractivity contribution in [2.45, 2.75) is 59.7 Å². The van der Waals surface area contributed by atoms with Gasteiger partial charge in [0.25, 0.3) is 0 Å². The summed E-state index contributed by atoms with van der Waals surface area (Å²) in [5, 5.41) is 0. The van der Waals surface area contributed by atoms with E-state index in [4.69, 9.17) is 2.81 Å². The summed E-state index contributed by atoms with van der Waals surface area (Å²) < 4.78 is 6.56. The van der Waals surface area contributed by atoms with E-state index in [1.165, 1.54) is 33.4 Å². The van der Waals surface area contributed by atoms with Gasteiger partial charge in [0.2, 0.25) is 0 Å². The summed E-state index contributed by atoms with van der Waals surface area (Å²) >= 11 is -0.613. The van der Waals surface area contributed by atoms with Crippen LogP contribution in [0.25, 0.3) is 0 Å². The van der Waals surface area contributed by atoms with E-state index in [9.17, 15) is 0 Å². The predicted molar refractivity (Wildman–Crippen MR) is 85.9 cm³/mol. The van der Waals surface area contributed by atoms with E-state index in [1.54, 1.807) is 0 Å². The Bertz CT molecular complexity index is 487. The maximum atomic E-state index is 6.56. The van der Waals surface area contributed by atoms with Gasteiger partial charge in [-0.25, -0.2) is 0 Å². The van der Waals surface area contributed by atoms with E-state index in [-0.39, 0.29) is 12.4 Å². The largest absolute Gasteiger partial charge is 1.00 e. The molecule has 0 N–H and O–H groups in total. The molecule has 0 fully saturated rings. The Hall–Kier alpha value is 0.310. The Morgan fingerprint density at radius 1 is 0.952 bits per heavy atom. The Morgan fingerprint density at radius 2 is 1.38 bits per heavy atom. The number of allylic oxidation sites excluding steroid dienone is 6. The normalized spacial score (nSPS) is 18.3. The Kier molecular flexibility index (Phi) is 7.60. The molecule has 0 spiro atoms. The zero-order valence-corrected chi connectivity index (χ0v) is 18.4. The first kappa shape index (κ1) is 19.4. The fourth-order valence-corrected chi connectivity index (χ4v) is 7.18. The van der Waals surface area contributed by atoms with Crippen LogP contribution in [0.1, 0.15) is 40.5 Å². The van der Waals surface area contributed by atoms with E-state index in [1.807, 2.05) is 0 Å². The fourth-order valence-electron chi connectivity index (χ4n) is 3.06. The number of rotatable bonds is 5. The smallest absolute Gasteiger partial charge is 1.00 e. The van der Waals surface area contributed by atoms with Crippen molar-refractivity contribution in [2.24, 2.45) is 0 Å². The van der Waals surface area contributed by atoms with Crippen LogP contribution < -0.4 is 12.4 Å². The van der Waals surface area contributed by atoms with Gasteiger partial charge in [-0.1, -0.05) is 0 Å². The molecule has 0 bridgehead atoms. The summed E-state index contributed by atoms with van der Waals surface area (Å²) in [6.07, 6.45) is 7.21. The van der Waals surface area contributed by atoms with Crippen molar-refractivity contribution in [3.8, 4) is 0 Å². The van der Waals surface area contributed by atoms with Crippen molar-refractivity contribution >= 4 is 5.92 Å². The van der Waals surface area contributed by atoms with Crippen LogP contribution in [-0.4, -0.2) is 12.0 Å². The van der Waals surface area contributed by atoms with E-state index in [0.717, 1.165) is 12.8 Å². The molecule has 21 heavy (non-hydrogen) atoms. The van der Waals surface area contributed by atoms with Crippen molar-refractivity contribution in [1.82, 2.24) is 0 Å². The first-order chi connectivity index (χ1) is 9.38. The molecule has 0 saturated carbocycles. The van der Waals surface area contributed by atoms with Gasteiger partial charge in [-0.15, -0.1) is 0 Å². The molecule has 0 saturated heterocycles. The average molecular weight is 401 g/mol. The van der Waals surface area contributed by atoms with Crippen LogP contribution in [0.15, 0.2) is 45.6 Å². The van der Waals surface area contributed by atoms with E-state index in [2.05, 4.69) is 52.9 Å². The van der Waals surface area contributed by atoms with E-state index < -0.39 is 28.8 Å². The molecule has 0 aromatic heterocycles. The number of hydrogen-bond acceptors (Lipinski definition) is 1. The van der Waals surface area contributed by atoms with Crippen LogP contribution in [0.3, 0.4) is 0 Å². The Labute approximate surface area is 148 Å². The van der Waals surface area contributed by atoms with Crippen LogP contribution >= 0.6 is 0 Å². The fraction of sp³-hybridized carbons (Fsp3) is 0.529. The molecule has 0 radical (unpaired) electrons. The molecule has 0 atom stereocenters. The third-order valence-electron chi connectivity index (χ3n) is 3.93. The zero-order valence-electron chi connectivity index (χ0n) is 14.0. The number of halogens is 1. The molecule has 115 valence electrons. The topological polar surface area (TPSA) is 9.23 Å². The molecular weight excluding hydrogens is 375 g/mol.